The van der Waals surface area contributed by atoms with E-state index in [1.54, 1.807) is 0 Å². The molecule has 0 bridgehead atoms. The molecule has 20 heavy (non-hydrogen) atoms. The first-order valence-corrected chi connectivity index (χ1v) is 7.24. The number of aryl methyl sites for hydroxylation is 2. The van der Waals surface area contributed by atoms with E-state index in [4.69, 9.17) is 5.73 Å². The fourth-order valence-electron chi connectivity index (χ4n) is 2.95. The summed E-state index contributed by atoms with van der Waals surface area (Å²) in [6.45, 7) is 5.14. The molecule has 0 unspecified atom stereocenters. The SMILES string of the molecule is Cc1cc(N2CCCc3ccccc32)ncc1[C@@H](C)N. The molecule has 0 radical (unpaired) electrons. The van der Waals surface area contributed by atoms with Crippen molar-refractivity contribution in [2.75, 3.05) is 11.4 Å². The average molecular weight is 267 g/mol. The topological polar surface area (TPSA) is 42.2 Å². The van der Waals surface area contributed by atoms with Crippen molar-refractivity contribution in [3.05, 3.63) is 53.2 Å². The summed E-state index contributed by atoms with van der Waals surface area (Å²) in [6, 6.07) is 10.8. The standard InChI is InChI=1S/C17H21N3/c1-12-10-17(19-11-15(12)13(2)18)20-9-5-7-14-6-3-4-8-16(14)20/h3-4,6,8,10-11,13H,5,7,9,18H2,1-2H3/t13-/m1/s1. The van der Waals surface area contributed by atoms with Crippen LogP contribution >= 0.6 is 0 Å². The highest BCUT2D eigenvalue weighted by molar-refractivity contribution is 5.65. The van der Waals surface area contributed by atoms with Crippen LogP contribution in [0.25, 0.3) is 0 Å². The number of nitrogens with zero attached hydrogens (tertiary/aromatic N) is 2. The molecule has 0 saturated carbocycles. The van der Waals surface area contributed by atoms with Gasteiger partial charge in [-0.15, -0.1) is 0 Å². The monoisotopic (exact) mass is 267 g/mol. The molecule has 2 N–H and O–H groups in total. The Morgan fingerprint density at radius 2 is 2.10 bits per heavy atom. The van der Waals surface area contributed by atoms with Crippen LogP contribution in [0.3, 0.4) is 0 Å². The summed E-state index contributed by atoms with van der Waals surface area (Å²) in [5.74, 6) is 1.03. The van der Waals surface area contributed by atoms with Crippen LogP contribution in [0, 0.1) is 6.92 Å². The zero-order chi connectivity index (χ0) is 14.1. The Kier molecular flexibility index (Phi) is 3.45. The van der Waals surface area contributed by atoms with E-state index >= 15 is 0 Å². The van der Waals surface area contributed by atoms with Crippen LogP contribution in [0.1, 0.15) is 36.1 Å². The zero-order valence-electron chi connectivity index (χ0n) is 12.1. The number of hydrogen-bond donors (Lipinski definition) is 1. The second-order valence-electron chi connectivity index (χ2n) is 5.57. The molecule has 0 amide bonds. The van der Waals surface area contributed by atoms with Crippen molar-refractivity contribution in [1.29, 1.82) is 0 Å². The maximum absolute atomic E-state index is 5.97. The van der Waals surface area contributed by atoms with Crippen LogP contribution in [0.2, 0.25) is 0 Å². The fourth-order valence-corrected chi connectivity index (χ4v) is 2.95. The molecule has 0 spiro atoms. The highest BCUT2D eigenvalue weighted by Gasteiger charge is 2.19. The number of pyridine rings is 1. The molecule has 3 heteroatoms. The summed E-state index contributed by atoms with van der Waals surface area (Å²) in [4.78, 5) is 6.95. The van der Waals surface area contributed by atoms with Crippen LogP contribution in [0.4, 0.5) is 11.5 Å². The van der Waals surface area contributed by atoms with Gasteiger partial charge in [-0.2, -0.15) is 0 Å². The van der Waals surface area contributed by atoms with Gasteiger partial charge in [0.15, 0.2) is 0 Å². The van der Waals surface area contributed by atoms with Gasteiger partial charge >= 0.3 is 0 Å². The molecule has 1 aliphatic rings. The molecule has 104 valence electrons. The molecule has 1 atom stereocenters. The number of para-hydroxylation sites is 1. The normalized spacial score (nSPS) is 15.8. The molecule has 1 aromatic heterocycles. The van der Waals surface area contributed by atoms with Gasteiger partial charge in [0, 0.05) is 24.5 Å². The minimum Gasteiger partial charge on any atom is -0.326 e. The average Bonchev–Trinajstić information content (AvgIpc) is 2.46. The Bertz CT molecular complexity index is 619. The molecule has 1 aromatic carbocycles. The maximum Gasteiger partial charge on any atom is 0.133 e. The summed E-state index contributed by atoms with van der Waals surface area (Å²) in [5, 5.41) is 0. The summed E-state index contributed by atoms with van der Waals surface area (Å²) >= 11 is 0. The van der Waals surface area contributed by atoms with E-state index in [2.05, 4.69) is 47.1 Å². The van der Waals surface area contributed by atoms with Gasteiger partial charge in [-0.05, 0) is 55.5 Å². The van der Waals surface area contributed by atoms with Gasteiger partial charge in [0.2, 0.25) is 0 Å². The number of rotatable bonds is 2. The van der Waals surface area contributed by atoms with Gasteiger partial charge in [0.1, 0.15) is 5.82 Å². The summed E-state index contributed by atoms with van der Waals surface area (Å²) < 4.78 is 0. The van der Waals surface area contributed by atoms with E-state index in [1.165, 1.54) is 23.2 Å². The quantitative estimate of drug-likeness (QED) is 0.905. The second kappa shape index (κ2) is 5.25. The second-order valence-corrected chi connectivity index (χ2v) is 5.57. The predicted octanol–water partition coefficient (Wildman–Crippen LogP) is 3.49. The minimum atomic E-state index is 0.0326. The van der Waals surface area contributed by atoms with Crippen LogP contribution < -0.4 is 10.6 Å². The fraction of sp³-hybridized carbons (Fsp3) is 0.353. The first kappa shape index (κ1) is 13.1. The van der Waals surface area contributed by atoms with E-state index in [1.807, 2.05) is 13.1 Å². The van der Waals surface area contributed by atoms with E-state index < -0.39 is 0 Å². The molecular weight excluding hydrogens is 246 g/mol. The van der Waals surface area contributed by atoms with Crippen molar-refractivity contribution < 1.29 is 0 Å². The van der Waals surface area contributed by atoms with Crippen LogP contribution in [-0.4, -0.2) is 11.5 Å². The lowest BCUT2D eigenvalue weighted by Gasteiger charge is -2.30. The number of anilines is 2. The minimum absolute atomic E-state index is 0.0326. The molecule has 0 fully saturated rings. The number of nitrogens with two attached hydrogens (primary N) is 1. The first-order valence-electron chi connectivity index (χ1n) is 7.24. The highest BCUT2D eigenvalue weighted by Crippen LogP contribution is 2.33. The van der Waals surface area contributed by atoms with Gasteiger partial charge in [-0.25, -0.2) is 4.98 Å². The van der Waals surface area contributed by atoms with Gasteiger partial charge in [0.05, 0.1) is 0 Å². The molecule has 3 rings (SSSR count). The van der Waals surface area contributed by atoms with Crippen molar-refractivity contribution in [2.45, 2.75) is 32.7 Å². The Hall–Kier alpha value is -1.87. The maximum atomic E-state index is 5.97. The summed E-state index contributed by atoms with van der Waals surface area (Å²) in [6.07, 6.45) is 4.25. The van der Waals surface area contributed by atoms with Crippen LogP contribution in [0.5, 0.6) is 0 Å². The molecule has 3 nitrogen and oxygen atoms in total. The van der Waals surface area contributed by atoms with Crippen molar-refractivity contribution in [3.63, 3.8) is 0 Å². The lowest BCUT2D eigenvalue weighted by molar-refractivity contribution is 0.755. The lowest BCUT2D eigenvalue weighted by atomic mass is 10.0. The summed E-state index contributed by atoms with van der Waals surface area (Å²) in [5.41, 5.74) is 11.0. The molecule has 0 aliphatic carbocycles. The Balaban J connectivity index is 2.00. The van der Waals surface area contributed by atoms with E-state index in [-0.39, 0.29) is 6.04 Å². The van der Waals surface area contributed by atoms with Gasteiger partial charge in [-0.1, -0.05) is 18.2 Å². The van der Waals surface area contributed by atoms with Crippen molar-refractivity contribution in [3.8, 4) is 0 Å². The van der Waals surface area contributed by atoms with Gasteiger partial charge in [-0.3, -0.25) is 0 Å². The third-order valence-electron chi connectivity index (χ3n) is 4.01. The molecule has 0 saturated heterocycles. The summed E-state index contributed by atoms with van der Waals surface area (Å²) in [7, 11) is 0. The molecule has 2 heterocycles. The largest absolute Gasteiger partial charge is 0.326 e. The smallest absolute Gasteiger partial charge is 0.133 e. The third-order valence-corrected chi connectivity index (χ3v) is 4.01. The van der Waals surface area contributed by atoms with Crippen molar-refractivity contribution in [1.82, 2.24) is 4.98 Å². The molecular formula is C17H21N3. The van der Waals surface area contributed by atoms with Crippen molar-refractivity contribution >= 4 is 11.5 Å². The highest BCUT2D eigenvalue weighted by atomic mass is 15.2. The van der Waals surface area contributed by atoms with Crippen molar-refractivity contribution in [2.24, 2.45) is 5.73 Å². The van der Waals surface area contributed by atoms with Gasteiger partial charge in [0.25, 0.3) is 0 Å². The van der Waals surface area contributed by atoms with Gasteiger partial charge < -0.3 is 10.6 Å². The van der Waals surface area contributed by atoms with Crippen LogP contribution in [-0.2, 0) is 6.42 Å². The molecule has 2 aromatic rings. The third kappa shape index (κ3) is 2.29. The van der Waals surface area contributed by atoms with E-state index in [0.29, 0.717) is 0 Å². The lowest BCUT2D eigenvalue weighted by Crippen LogP contribution is -2.25. The predicted molar refractivity (Wildman–Crippen MR) is 83.3 cm³/mol. The number of benzene rings is 1. The Morgan fingerprint density at radius 3 is 2.85 bits per heavy atom. The number of aromatic nitrogens is 1. The first-order chi connectivity index (χ1) is 9.66. The van der Waals surface area contributed by atoms with E-state index in [0.717, 1.165) is 24.3 Å². The zero-order valence-corrected chi connectivity index (χ0v) is 12.1. The Morgan fingerprint density at radius 1 is 1.30 bits per heavy atom. The van der Waals surface area contributed by atoms with E-state index in [9.17, 15) is 0 Å². The Labute approximate surface area is 120 Å². The molecule has 1 aliphatic heterocycles. The number of fused-ring (bicyclic) bond motifs is 1. The van der Waals surface area contributed by atoms with Crippen LogP contribution in [0.15, 0.2) is 36.5 Å². The number of hydrogen-bond acceptors (Lipinski definition) is 3.